The lowest BCUT2D eigenvalue weighted by Crippen LogP contribution is -2.46. The highest BCUT2D eigenvalue weighted by Gasteiger charge is 2.24. The van der Waals surface area contributed by atoms with Gasteiger partial charge in [-0.1, -0.05) is 18.2 Å². The van der Waals surface area contributed by atoms with Gasteiger partial charge in [-0.05, 0) is 6.07 Å². The lowest BCUT2D eigenvalue weighted by Gasteiger charge is -2.34. The number of halogens is 2. The molecule has 1 aliphatic heterocycles. The monoisotopic (exact) mass is 272 g/mol. The fraction of sp³-hybridized carbons (Fsp3) is 0.538. The maximum atomic E-state index is 12.4. The molecule has 0 aromatic heterocycles. The van der Waals surface area contributed by atoms with E-state index in [-0.39, 0.29) is 18.4 Å². The number of hydrogen-bond donors (Lipinski definition) is 2. The zero-order chi connectivity index (χ0) is 13.7. The first-order chi connectivity index (χ1) is 9.22. The molecule has 1 saturated heterocycles. The van der Waals surface area contributed by atoms with E-state index in [0.29, 0.717) is 5.56 Å². The highest BCUT2D eigenvalue weighted by Crippen LogP contribution is 2.30. The molecule has 1 aromatic rings. The second-order valence-electron chi connectivity index (χ2n) is 4.40. The molecule has 0 aliphatic carbocycles. The van der Waals surface area contributed by atoms with Crippen LogP contribution >= 0.6 is 0 Å². The number of nitrogens with one attached hydrogen (secondary N) is 1. The number of rotatable bonds is 5. The van der Waals surface area contributed by atoms with Crippen molar-refractivity contribution in [2.24, 2.45) is 0 Å². The lowest BCUT2D eigenvalue weighted by molar-refractivity contribution is -0.0516. The third kappa shape index (κ3) is 3.62. The van der Waals surface area contributed by atoms with Crippen LogP contribution in [0.2, 0.25) is 0 Å². The van der Waals surface area contributed by atoms with E-state index < -0.39 is 6.61 Å². The van der Waals surface area contributed by atoms with Crippen molar-refractivity contribution in [1.82, 2.24) is 10.2 Å². The summed E-state index contributed by atoms with van der Waals surface area (Å²) in [5.41, 5.74) is 0.604. The molecule has 19 heavy (non-hydrogen) atoms. The molecule has 0 radical (unpaired) electrons. The largest absolute Gasteiger partial charge is 0.434 e. The van der Waals surface area contributed by atoms with Gasteiger partial charge in [0.05, 0.1) is 12.6 Å². The van der Waals surface area contributed by atoms with Crippen LogP contribution in [-0.4, -0.2) is 49.4 Å². The second kappa shape index (κ2) is 6.79. The highest BCUT2D eigenvalue weighted by atomic mass is 19.3. The first-order valence-corrected chi connectivity index (χ1v) is 6.31. The molecule has 4 nitrogen and oxygen atoms in total. The maximum Gasteiger partial charge on any atom is 0.387 e. The Morgan fingerprint density at radius 3 is 2.58 bits per heavy atom. The number of benzene rings is 1. The van der Waals surface area contributed by atoms with Gasteiger partial charge >= 0.3 is 6.61 Å². The third-order valence-corrected chi connectivity index (χ3v) is 3.26. The summed E-state index contributed by atoms with van der Waals surface area (Å²) in [6.07, 6.45) is 0. The summed E-state index contributed by atoms with van der Waals surface area (Å²) in [7, 11) is 0. The van der Waals surface area contributed by atoms with Crippen molar-refractivity contribution in [3.63, 3.8) is 0 Å². The van der Waals surface area contributed by atoms with Crippen LogP contribution < -0.4 is 10.1 Å². The molecule has 106 valence electrons. The zero-order valence-corrected chi connectivity index (χ0v) is 10.6. The number of para-hydroxylation sites is 1. The van der Waals surface area contributed by atoms with E-state index in [1.807, 2.05) is 0 Å². The molecule has 1 fully saturated rings. The van der Waals surface area contributed by atoms with Crippen molar-refractivity contribution >= 4 is 0 Å². The predicted octanol–water partition coefficient (Wildman–Crippen LogP) is 1.23. The average Bonchev–Trinajstić information content (AvgIpc) is 2.42. The normalized spacial score (nSPS) is 18.5. The van der Waals surface area contributed by atoms with Crippen LogP contribution in [0.5, 0.6) is 5.75 Å². The summed E-state index contributed by atoms with van der Waals surface area (Å²) in [6.45, 7) is 0.220. The van der Waals surface area contributed by atoms with Gasteiger partial charge in [0, 0.05) is 31.7 Å². The van der Waals surface area contributed by atoms with Crippen LogP contribution in [0.4, 0.5) is 8.78 Å². The van der Waals surface area contributed by atoms with Crippen molar-refractivity contribution in [1.29, 1.82) is 0 Å². The number of hydrogen-bond acceptors (Lipinski definition) is 4. The maximum absolute atomic E-state index is 12.4. The van der Waals surface area contributed by atoms with E-state index in [2.05, 4.69) is 15.0 Å². The van der Waals surface area contributed by atoms with Crippen LogP contribution in [0.25, 0.3) is 0 Å². The van der Waals surface area contributed by atoms with E-state index in [4.69, 9.17) is 0 Å². The van der Waals surface area contributed by atoms with Gasteiger partial charge in [-0.15, -0.1) is 0 Å². The summed E-state index contributed by atoms with van der Waals surface area (Å²) in [5, 5.41) is 12.8. The van der Waals surface area contributed by atoms with Crippen molar-refractivity contribution in [2.75, 3.05) is 32.8 Å². The first-order valence-electron chi connectivity index (χ1n) is 6.31. The minimum atomic E-state index is -2.86. The second-order valence-corrected chi connectivity index (χ2v) is 4.40. The number of nitrogens with zero attached hydrogens (tertiary/aromatic N) is 1. The van der Waals surface area contributed by atoms with Gasteiger partial charge in [0.15, 0.2) is 0 Å². The Hall–Kier alpha value is -1.24. The number of aliphatic hydroxyl groups excluding tert-OH is 1. The number of aliphatic hydroxyl groups is 1. The summed E-state index contributed by atoms with van der Waals surface area (Å²) in [5.74, 6) is 0.134. The van der Waals surface area contributed by atoms with E-state index >= 15 is 0 Å². The van der Waals surface area contributed by atoms with Crippen LogP contribution in [0, 0.1) is 0 Å². The van der Waals surface area contributed by atoms with Gasteiger partial charge in [-0.2, -0.15) is 8.78 Å². The predicted molar refractivity (Wildman–Crippen MR) is 67.3 cm³/mol. The standard InChI is InChI=1S/C13H18F2N2O2/c14-13(15)19-12-4-2-1-3-10(12)11(9-18)17-7-5-16-6-8-17/h1-4,11,13,16,18H,5-9H2/t11-/m1/s1. The van der Waals surface area contributed by atoms with E-state index in [9.17, 15) is 13.9 Å². The van der Waals surface area contributed by atoms with Gasteiger partial charge in [-0.25, -0.2) is 0 Å². The Balaban J connectivity index is 2.21. The third-order valence-electron chi connectivity index (χ3n) is 3.26. The molecular weight excluding hydrogens is 254 g/mol. The fourth-order valence-corrected chi connectivity index (χ4v) is 2.36. The number of piperazine rings is 1. The Morgan fingerprint density at radius 1 is 1.26 bits per heavy atom. The van der Waals surface area contributed by atoms with Crippen LogP contribution in [0.3, 0.4) is 0 Å². The molecule has 2 N–H and O–H groups in total. The minimum absolute atomic E-state index is 0.121. The van der Waals surface area contributed by atoms with Crippen LogP contribution in [-0.2, 0) is 0 Å². The van der Waals surface area contributed by atoms with Crippen molar-refractivity contribution in [3.05, 3.63) is 29.8 Å². The SMILES string of the molecule is OC[C@H](c1ccccc1OC(F)F)N1CCNCC1. The van der Waals surface area contributed by atoms with Gasteiger partial charge in [0.1, 0.15) is 5.75 Å². The Bertz CT molecular complexity index is 398. The fourth-order valence-electron chi connectivity index (χ4n) is 2.36. The van der Waals surface area contributed by atoms with Gasteiger partial charge in [0.2, 0.25) is 0 Å². The summed E-state index contributed by atoms with van der Waals surface area (Å²) in [4.78, 5) is 2.07. The van der Waals surface area contributed by atoms with Crippen molar-refractivity contribution < 1.29 is 18.6 Å². The van der Waals surface area contributed by atoms with Gasteiger partial charge in [0.25, 0.3) is 0 Å². The topological polar surface area (TPSA) is 44.7 Å². The van der Waals surface area contributed by atoms with Crippen molar-refractivity contribution in [3.8, 4) is 5.75 Å². The Kier molecular flexibility index (Phi) is 5.07. The van der Waals surface area contributed by atoms with Crippen LogP contribution in [0.15, 0.2) is 24.3 Å². The van der Waals surface area contributed by atoms with E-state index in [1.54, 1.807) is 18.2 Å². The van der Waals surface area contributed by atoms with Gasteiger partial charge < -0.3 is 15.2 Å². The molecule has 1 aromatic carbocycles. The molecule has 1 atom stereocenters. The molecule has 0 spiro atoms. The highest BCUT2D eigenvalue weighted by molar-refractivity contribution is 5.36. The Morgan fingerprint density at radius 2 is 1.95 bits per heavy atom. The molecule has 6 heteroatoms. The molecule has 0 bridgehead atoms. The molecule has 0 amide bonds. The van der Waals surface area contributed by atoms with E-state index in [1.165, 1.54) is 6.07 Å². The quantitative estimate of drug-likeness (QED) is 0.846. The first kappa shape index (κ1) is 14.2. The molecule has 1 heterocycles. The molecule has 0 saturated carbocycles. The summed E-state index contributed by atoms with van der Waals surface area (Å²) >= 11 is 0. The zero-order valence-electron chi connectivity index (χ0n) is 10.6. The molecule has 0 unspecified atom stereocenters. The van der Waals surface area contributed by atoms with E-state index in [0.717, 1.165) is 26.2 Å². The smallest absolute Gasteiger partial charge is 0.387 e. The molecular formula is C13H18F2N2O2. The van der Waals surface area contributed by atoms with Crippen LogP contribution in [0.1, 0.15) is 11.6 Å². The number of ether oxygens (including phenoxy) is 1. The Labute approximate surface area is 111 Å². The lowest BCUT2D eigenvalue weighted by atomic mass is 10.0. The minimum Gasteiger partial charge on any atom is -0.434 e. The summed E-state index contributed by atoms with van der Waals surface area (Å²) < 4.78 is 29.3. The average molecular weight is 272 g/mol. The van der Waals surface area contributed by atoms with Crippen molar-refractivity contribution in [2.45, 2.75) is 12.7 Å². The molecule has 2 rings (SSSR count). The molecule has 1 aliphatic rings. The van der Waals surface area contributed by atoms with Gasteiger partial charge in [-0.3, -0.25) is 4.90 Å². The number of alkyl halides is 2. The summed E-state index contributed by atoms with van der Waals surface area (Å²) in [6, 6.07) is 6.33.